The molecule has 0 spiro atoms. The number of hydrogen-bond donors (Lipinski definition) is 3. The molecular weight excluding hydrogens is 276 g/mol. The van der Waals surface area contributed by atoms with E-state index in [1.165, 1.54) is 11.3 Å². The Morgan fingerprint density at radius 2 is 1.95 bits per heavy atom. The van der Waals surface area contributed by atoms with Gasteiger partial charge in [0.05, 0.1) is 0 Å². The smallest absolute Gasteiger partial charge is 0.195 e. The number of anilines is 1. The fraction of sp³-hybridized carbons (Fsp3) is 0.438. The van der Waals surface area contributed by atoms with E-state index in [-0.39, 0.29) is 0 Å². The van der Waals surface area contributed by atoms with Gasteiger partial charge in [-0.3, -0.25) is 5.73 Å². The molecule has 2 aliphatic heterocycles. The van der Waals surface area contributed by atoms with Crippen molar-refractivity contribution in [1.82, 2.24) is 10.2 Å². The zero-order valence-corrected chi connectivity index (χ0v) is 13.2. The van der Waals surface area contributed by atoms with Crippen molar-refractivity contribution in [2.75, 3.05) is 38.1 Å². The van der Waals surface area contributed by atoms with Gasteiger partial charge in [0.1, 0.15) is 0 Å². The van der Waals surface area contributed by atoms with Crippen LogP contribution >= 0.6 is 0 Å². The quantitative estimate of drug-likeness (QED) is 0.731. The highest BCUT2D eigenvalue weighted by atomic mass is 15.2. The summed E-state index contributed by atoms with van der Waals surface area (Å²) < 4.78 is 0. The van der Waals surface area contributed by atoms with Gasteiger partial charge in [-0.1, -0.05) is 6.07 Å². The Morgan fingerprint density at radius 3 is 2.59 bits per heavy atom. The maximum absolute atomic E-state index is 6.37. The van der Waals surface area contributed by atoms with E-state index in [0.29, 0.717) is 5.96 Å². The van der Waals surface area contributed by atoms with E-state index in [1.807, 2.05) is 12.1 Å². The number of hydrogen-bond acceptors (Lipinski definition) is 6. The van der Waals surface area contributed by atoms with E-state index in [2.05, 4.69) is 46.2 Å². The first-order valence-corrected chi connectivity index (χ1v) is 7.61. The second-order valence-corrected chi connectivity index (χ2v) is 6.09. The SMILES string of the molecule is Cc1cc(C2(N)C=CNC(N)=N2)ccc1N1CCN(C)CC1. The van der Waals surface area contributed by atoms with Gasteiger partial charge in [0.25, 0.3) is 0 Å². The first-order valence-electron chi connectivity index (χ1n) is 7.61. The minimum atomic E-state index is -0.888. The van der Waals surface area contributed by atoms with E-state index >= 15 is 0 Å². The lowest BCUT2D eigenvalue weighted by molar-refractivity contribution is 0.312. The highest BCUT2D eigenvalue weighted by Crippen LogP contribution is 2.29. The molecule has 1 fully saturated rings. The number of aryl methyl sites for hydroxylation is 1. The van der Waals surface area contributed by atoms with E-state index < -0.39 is 5.66 Å². The van der Waals surface area contributed by atoms with Gasteiger partial charge in [-0.2, -0.15) is 0 Å². The molecule has 118 valence electrons. The molecule has 1 unspecified atom stereocenters. The van der Waals surface area contributed by atoms with Gasteiger partial charge in [0, 0.05) is 38.1 Å². The molecule has 2 aliphatic rings. The summed E-state index contributed by atoms with van der Waals surface area (Å²) in [6.07, 6.45) is 3.57. The summed E-state index contributed by atoms with van der Waals surface area (Å²) >= 11 is 0. The molecule has 0 aliphatic carbocycles. The molecule has 22 heavy (non-hydrogen) atoms. The third kappa shape index (κ3) is 2.80. The third-order valence-corrected chi connectivity index (χ3v) is 4.38. The lowest BCUT2D eigenvalue weighted by atomic mass is 9.97. The number of piperazine rings is 1. The van der Waals surface area contributed by atoms with Crippen molar-refractivity contribution >= 4 is 11.6 Å². The van der Waals surface area contributed by atoms with Gasteiger partial charge < -0.3 is 20.9 Å². The van der Waals surface area contributed by atoms with Crippen LogP contribution < -0.4 is 21.7 Å². The van der Waals surface area contributed by atoms with Gasteiger partial charge in [0.2, 0.25) is 0 Å². The molecular formula is C16H24N6. The standard InChI is InChI=1S/C16H24N6/c1-12-11-13(16(18)5-6-19-15(17)20-16)3-4-14(12)22-9-7-21(2)8-10-22/h3-6,11H,7-10,18H2,1-2H3,(H3,17,19,20). The van der Waals surface area contributed by atoms with Crippen molar-refractivity contribution in [3.8, 4) is 0 Å². The number of nitrogens with one attached hydrogen (secondary N) is 1. The summed E-state index contributed by atoms with van der Waals surface area (Å²) in [5, 5.41) is 2.84. The maximum atomic E-state index is 6.37. The van der Waals surface area contributed by atoms with Gasteiger partial charge in [-0.05, 0) is 43.3 Å². The Bertz CT molecular complexity index is 615. The second-order valence-electron chi connectivity index (χ2n) is 6.09. The van der Waals surface area contributed by atoms with E-state index in [1.54, 1.807) is 6.20 Å². The average molecular weight is 300 g/mol. The topological polar surface area (TPSA) is 82.9 Å². The lowest BCUT2D eigenvalue weighted by Crippen LogP contribution is -2.45. The average Bonchev–Trinajstić information content (AvgIpc) is 2.48. The van der Waals surface area contributed by atoms with Crippen LogP contribution in [-0.2, 0) is 5.66 Å². The first-order chi connectivity index (χ1) is 10.5. The summed E-state index contributed by atoms with van der Waals surface area (Å²) in [5.41, 5.74) is 14.7. The summed E-state index contributed by atoms with van der Waals surface area (Å²) in [7, 11) is 2.16. The molecule has 0 radical (unpaired) electrons. The molecule has 1 aromatic rings. The summed E-state index contributed by atoms with van der Waals surface area (Å²) in [5.74, 6) is 0.339. The van der Waals surface area contributed by atoms with Crippen molar-refractivity contribution in [1.29, 1.82) is 0 Å². The number of nitrogens with two attached hydrogens (primary N) is 2. The normalized spacial score (nSPS) is 25.8. The summed E-state index contributed by atoms with van der Waals surface area (Å²) in [6, 6.07) is 6.30. The molecule has 1 aromatic carbocycles. The summed E-state index contributed by atoms with van der Waals surface area (Å²) in [4.78, 5) is 9.11. The maximum Gasteiger partial charge on any atom is 0.195 e. The second kappa shape index (κ2) is 5.62. The van der Waals surface area contributed by atoms with Crippen molar-refractivity contribution in [3.63, 3.8) is 0 Å². The largest absolute Gasteiger partial charge is 0.370 e. The number of aliphatic imine (C=N–C) groups is 1. The van der Waals surface area contributed by atoms with Crippen LogP contribution in [0.5, 0.6) is 0 Å². The zero-order chi connectivity index (χ0) is 15.7. The van der Waals surface area contributed by atoms with Crippen molar-refractivity contribution in [2.45, 2.75) is 12.6 Å². The molecule has 1 saturated heterocycles. The highest BCUT2D eigenvalue weighted by molar-refractivity contribution is 5.80. The molecule has 6 nitrogen and oxygen atoms in total. The van der Waals surface area contributed by atoms with E-state index in [9.17, 15) is 0 Å². The van der Waals surface area contributed by atoms with Crippen LogP contribution in [0.15, 0.2) is 35.5 Å². The molecule has 1 atom stereocenters. The number of rotatable bonds is 2. The van der Waals surface area contributed by atoms with Crippen LogP contribution in [0.2, 0.25) is 0 Å². The fourth-order valence-electron chi connectivity index (χ4n) is 2.99. The highest BCUT2D eigenvalue weighted by Gasteiger charge is 2.27. The van der Waals surface area contributed by atoms with Crippen LogP contribution in [0.4, 0.5) is 5.69 Å². The predicted molar refractivity (Wildman–Crippen MR) is 90.7 cm³/mol. The molecule has 5 N–H and O–H groups in total. The number of guanidine groups is 1. The van der Waals surface area contributed by atoms with Gasteiger partial charge >= 0.3 is 0 Å². The lowest BCUT2D eigenvalue weighted by Gasteiger charge is -2.35. The summed E-state index contributed by atoms with van der Waals surface area (Å²) in [6.45, 7) is 6.42. The Balaban J connectivity index is 1.86. The molecule has 0 bridgehead atoms. The Kier molecular flexibility index (Phi) is 3.80. The zero-order valence-electron chi connectivity index (χ0n) is 13.2. The third-order valence-electron chi connectivity index (χ3n) is 4.38. The Morgan fingerprint density at radius 1 is 1.23 bits per heavy atom. The minimum absolute atomic E-state index is 0.339. The molecule has 0 saturated carbocycles. The van der Waals surface area contributed by atoms with Crippen LogP contribution in [0.3, 0.4) is 0 Å². The first kappa shape index (κ1) is 14.9. The van der Waals surface area contributed by atoms with Crippen molar-refractivity contribution in [3.05, 3.63) is 41.6 Å². The van der Waals surface area contributed by atoms with Gasteiger partial charge in [-0.15, -0.1) is 0 Å². The minimum Gasteiger partial charge on any atom is -0.370 e. The van der Waals surface area contributed by atoms with Gasteiger partial charge in [-0.25, -0.2) is 4.99 Å². The molecule has 6 heteroatoms. The van der Waals surface area contributed by atoms with Crippen LogP contribution in [-0.4, -0.2) is 44.1 Å². The van der Waals surface area contributed by atoms with Crippen LogP contribution in [0.1, 0.15) is 11.1 Å². The monoisotopic (exact) mass is 300 g/mol. The van der Waals surface area contributed by atoms with Gasteiger partial charge in [0.15, 0.2) is 11.6 Å². The van der Waals surface area contributed by atoms with Crippen LogP contribution in [0, 0.1) is 6.92 Å². The Hall–Kier alpha value is -2.05. The fourth-order valence-corrected chi connectivity index (χ4v) is 2.99. The van der Waals surface area contributed by atoms with E-state index in [4.69, 9.17) is 11.5 Å². The van der Waals surface area contributed by atoms with Crippen molar-refractivity contribution < 1.29 is 0 Å². The number of benzene rings is 1. The number of likely N-dealkylation sites (N-methyl/N-ethyl adjacent to an activating group) is 1. The van der Waals surface area contributed by atoms with E-state index in [0.717, 1.165) is 31.7 Å². The molecule has 0 amide bonds. The molecule has 2 heterocycles. The van der Waals surface area contributed by atoms with Crippen molar-refractivity contribution in [2.24, 2.45) is 16.5 Å². The predicted octanol–water partition coefficient (Wildman–Crippen LogP) is 0.290. The molecule has 3 rings (SSSR count). The molecule has 0 aromatic heterocycles. The Labute approximate surface area is 131 Å². The number of nitrogens with zero attached hydrogens (tertiary/aromatic N) is 3. The van der Waals surface area contributed by atoms with Crippen LogP contribution in [0.25, 0.3) is 0 Å².